The molecule has 0 unspecified atom stereocenters. The van der Waals surface area contributed by atoms with Crippen molar-refractivity contribution in [2.75, 3.05) is 33.9 Å². The number of benzene rings is 1. The quantitative estimate of drug-likeness (QED) is 0.684. The monoisotopic (exact) mass is 286 g/mol. The summed E-state index contributed by atoms with van der Waals surface area (Å²) in [6.45, 7) is 5.91. The zero-order valence-electron chi connectivity index (χ0n) is 11.9. The molecular weight excluding hydrogens is 264 g/mol. The summed E-state index contributed by atoms with van der Waals surface area (Å²) >= 11 is 6.15. The summed E-state index contributed by atoms with van der Waals surface area (Å²) in [5.74, 6) is 1.25. The average Bonchev–Trinajstić information content (AvgIpc) is 2.42. The van der Waals surface area contributed by atoms with Crippen molar-refractivity contribution in [3.8, 4) is 11.5 Å². The molecule has 0 saturated carbocycles. The first kappa shape index (κ1) is 16.1. The molecule has 0 atom stereocenters. The van der Waals surface area contributed by atoms with E-state index in [9.17, 15) is 0 Å². The van der Waals surface area contributed by atoms with Gasteiger partial charge >= 0.3 is 0 Å². The molecule has 0 bridgehead atoms. The Morgan fingerprint density at radius 2 is 1.84 bits per heavy atom. The van der Waals surface area contributed by atoms with Gasteiger partial charge in [0.25, 0.3) is 0 Å². The highest BCUT2D eigenvalue weighted by Crippen LogP contribution is 2.35. The van der Waals surface area contributed by atoms with E-state index in [4.69, 9.17) is 21.1 Å². The smallest absolute Gasteiger partial charge is 0.179 e. The number of halogens is 1. The van der Waals surface area contributed by atoms with Gasteiger partial charge in [0, 0.05) is 6.54 Å². The van der Waals surface area contributed by atoms with E-state index in [-0.39, 0.29) is 0 Å². The fourth-order valence-corrected chi connectivity index (χ4v) is 2.13. The highest BCUT2D eigenvalue weighted by Gasteiger charge is 2.10. The first-order chi connectivity index (χ1) is 9.22. The van der Waals surface area contributed by atoms with Gasteiger partial charge in [0.15, 0.2) is 11.5 Å². The Morgan fingerprint density at radius 3 is 2.47 bits per heavy atom. The Bertz CT molecular complexity index is 386. The van der Waals surface area contributed by atoms with Gasteiger partial charge in [-0.05, 0) is 43.8 Å². The van der Waals surface area contributed by atoms with Crippen molar-refractivity contribution in [3.63, 3.8) is 0 Å². The second-order valence-electron chi connectivity index (χ2n) is 4.20. The van der Waals surface area contributed by atoms with Crippen LogP contribution in [0.3, 0.4) is 0 Å². The molecule has 19 heavy (non-hydrogen) atoms. The van der Waals surface area contributed by atoms with Crippen molar-refractivity contribution in [3.05, 3.63) is 22.7 Å². The molecule has 0 aromatic heterocycles. The summed E-state index contributed by atoms with van der Waals surface area (Å²) in [6.07, 6.45) is 1.11. The van der Waals surface area contributed by atoms with E-state index >= 15 is 0 Å². The lowest BCUT2D eigenvalue weighted by molar-refractivity contribution is 0.354. The maximum Gasteiger partial charge on any atom is 0.179 e. The maximum atomic E-state index is 6.15. The van der Waals surface area contributed by atoms with Crippen LogP contribution in [0.1, 0.15) is 18.9 Å². The lowest BCUT2D eigenvalue weighted by Crippen LogP contribution is -2.21. The van der Waals surface area contributed by atoms with Gasteiger partial charge in [-0.15, -0.1) is 0 Å². The van der Waals surface area contributed by atoms with Crippen molar-refractivity contribution in [1.29, 1.82) is 0 Å². The molecule has 0 aliphatic carbocycles. The summed E-state index contributed by atoms with van der Waals surface area (Å²) in [6, 6.07) is 3.85. The molecule has 0 spiro atoms. The van der Waals surface area contributed by atoms with Crippen LogP contribution in [0.5, 0.6) is 11.5 Å². The van der Waals surface area contributed by atoms with E-state index in [1.54, 1.807) is 14.2 Å². The van der Waals surface area contributed by atoms with Crippen LogP contribution in [0.2, 0.25) is 5.02 Å². The van der Waals surface area contributed by atoms with Gasteiger partial charge in [0.05, 0.1) is 19.2 Å². The van der Waals surface area contributed by atoms with Crippen molar-refractivity contribution < 1.29 is 9.47 Å². The fourth-order valence-electron chi connectivity index (χ4n) is 1.82. The lowest BCUT2D eigenvalue weighted by Gasteiger charge is -2.12. The van der Waals surface area contributed by atoms with Gasteiger partial charge < -0.3 is 20.1 Å². The van der Waals surface area contributed by atoms with Crippen LogP contribution in [0.4, 0.5) is 0 Å². The molecule has 0 aliphatic rings. The average molecular weight is 287 g/mol. The number of methoxy groups -OCH3 is 2. The molecule has 4 nitrogen and oxygen atoms in total. The Morgan fingerprint density at radius 1 is 1.11 bits per heavy atom. The van der Waals surface area contributed by atoms with Gasteiger partial charge in [-0.25, -0.2) is 0 Å². The third-order valence-electron chi connectivity index (χ3n) is 2.78. The van der Waals surface area contributed by atoms with Crippen LogP contribution >= 0.6 is 11.6 Å². The minimum atomic E-state index is 0.575. The molecule has 0 heterocycles. The van der Waals surface area contributed by atoms with Gasteiger partial charge in [-0.1, -0.05) is 18.5 Å². The van der Waals surface area contributed by atoms with Crippen LogP contribution in [0.15, 0.2) is 12.1 Å². The predicted molar refractivity (Wildman–Crippen MR) is 79.4 cm³/mol. The highest BCUT2D eigenvalue weighted by atomic mass is 35.5. The van der Waals surface area contributed by atoms with Crippen molar-refractivity contribution in [2.45, 2.75) is 19.9 Å². The van der Waals surface area contributed by atoms with Crippen LogP contribution in [0, 0.1) is 0 Å². The lowest BCUT2D eigenvalue weighted by atomic mass is 10.2. The Labute approximate surface area is 120 Å². The van der Waals surface area contributed by atoms with Crippen molar-refractivity contribution >= 4 is 11.6 Å². The molecule has 0 saturated heterocycles. The zero-order chi connectivity index (χ0) is 14.1. The molecule has 1 aromatic carbocycles. The predicted octanol–water partition coefficient (Wildman–Crippen LogP) is 2.45. The summed E-state index contributed by atoms with van der Waals surface area (Å²) in [7, 11) is 3.20. The number of hydrogen-bond donors (Lipinski definition) is 2. The molecular formula is C14H23ClN2O2. The van der Waals surface area contributed by atoms with Crippen LogP contribution in [0.25, 0.3) is 0 Å². The van der Waals surface area contributed by atoms with Gasteiger partial charge in [-0.3, -0.25) is 0 Å². The van der Waals surface area contributed by atoms with E-state index in [0.29, 0.717) is 16.5 Å². The van der Waals surface area contributed by atoms with E-state index in [1.165, 1.54) is 0 Å². The molecule has 0 radical (unpaired) electrons. The fraction of sp³-hybridized carbons (Fsp3) is 0.571. The third kappa shape index (κ3) is 5.27. The normalized spacial score (nSPS) is 10.5. The number of ether oxygens (including phenoxy) is 2. The summed E-state index contributed by atoms with van der Waals surface area (Å²) in [5.41, 5.74) is 1.09. The molecule has 0 amide bonds. The number of rotatable bonds is 9. The second kappa shape index (κ2) is 9.02. The van der Waals surface area contributed by atoms with Gasteiger partial charge in [-0.2, -0.15) is 0 Å². The molecule has 2 N–H and O–H groups in total. The number of hydrogen-bond acceptors (Lipinski definition) is 4. The van der Waals surface area contributed by atoms with Crippen molar-refractivity contribution in [1.82, 2.24) is 10.6 Å². The van der Waals surface area contributed by atoms with E-state index in [2.05, 4.69) is 17.6 Å². The van der Waals surface area contributed by atoms with Crippen LogP contribution in [-0.4, -0.2) is 33.9 Å². The molecule has 0 aliphatic heterocycles. The Kier molecular flexibility index (Phi) is 7.63. The third-order valence-corrected chi connectivity index (χ3v) is 3.06. The molecule has 108 valence electrons. The zero-order valence-corrected chi connectivity index (χ0v) is 12.6. The Balaban J connectivity index is 2.48. The van der Waals surface area contributed by atoms with E-state index < -0.39 is 0 Å². The summed E-state index contributed by atoms with van der Waals surface area (Å²) in [4.78, 5) is 0. The topological polar surface area (TPSA) is 42.5 Å². The van der Waals surface area contributed by atoms with Gasteiger partial charge in [0.2, 0.25) is 0 Å². The SMILES string of the molecule is CCNCCCNCc1cc(Cl)c(OC)c(OC)c1. The summed E-state index contributed by atoms with van der Waals surface area (Å²) in [5, 5.41) is 7.25. The largest absolute Gasteiger partial charge is 0.493 e. The van der Waals surface area contributed by atoms with Gasteiger partial charge in [0.1, 0.15) is 0 Å². The minimum absolute atomic E-state index is 0.575. The van der Waals surface area contributed by atoms with Crippen molar-refractivity contribution in [2.24, 2.45) is 0 Å². The van der Waals surface area contributed by atoms with Crippen LogP contribution < -0.4 is 20.1 Å². The molecule has 5 heteroatoms. The maximum absolute atomic E-state index is 6.15. The van der Waals surface area contributed by atoms with Crippen LogP contribution in [-0.2, 0) is 6.54 Å². The minimum Gasteiger partial charge on any atom is -0.493 e. The Hall–Kier alpha value is -0.970. The molecule has 1 rings (SSSR count). The number of nitrogens with one attached hydrogen (secondary N) is 2. The molecule has 1 aromatic rings. The first-order valence-electron chi connectivity index (χ1n) is 6.54. The second-order valence-corrected chi connectivity index (χ2v) is 4.60. The standard InChI is InChI=1S/C14H23ClN2O2/c1-4-16-6-5-7-17-10-11-8-12(15)14(19-3)13(9-11)18-2/h8-9,16-17H,4-7,10H2,1-3H3. The summed E-state index contributed by atoms with van der Waals surface area (Å²) < 4.78 is 10.5. The van der Waals surface area contributed by atoms with E-state index in [1.807, 2.05) is 12.1 Å². The highest BCUT2D eigenvalue weighted by molar-refractivity contribution is 6.32. The molecule has 0 fully saturated rings. The first-order valence-corrected chi connectivity index (χ1v) is 6.92. The van der Waals surface area contributed by atoms with E-state index in [0.717, 1.165) is 38.2 Å².